The van der Waals surface area contributed by atoms with Gasteiger partial charge in [0.15, 0.2) is 6.17 Å². The predicted molar refractivity (Wildman–Crippen MR) is 109 cm³/mol. The Labute approximate surface area is 176 Å². The Hall–Kier alpha value is -1.71. The van der Waals surface area contributed by atoms with Gasteiger partial charge in [-0.15, -0.1) is 0 Å². The standard InChI is InChI=1S/C21H32F3N5O/c1-16(2)27-12-7-17(8-13-27)28-10-5-11-29(15-14-28)20(21(22,23)24)26-19(30)18-6-3-4-9-25-18/h3-4,6,9,16-17,20H,5,7-8,10-15H2,1-2H3,(H,26,30). The molecule has 0 spiro atoms. The molecule has 2 aliphatic heterocycles. The Morgan fingerprint density at radius 3 is 2.40 bits per heavy atom. The van der Waals surface area contributed by atoms with Crippen LogP contribution in [0.5, 0.6) is 0 Å². The third-order valence-electron chi connectivity index (χ3n) is 6.15. The molecular weight excluding hydrogens is 395 g/mol. The summed E-state index contributed by atoms with van der Waals surface area (Å²) in [6.07, 6.45) is -2.41. The predicted octanol–water partition coefficient (Wildman–Crippen LogP) is 2.58. The minimum atomic E-state index is -4.55. The van der Waals surface area contributed by atoms with Gasteiger partial charge in [-0.3, -0.25) is 19.6 Å². The lowest BCUT2D eigenvalue weighted by atomic mass is 10.0. The van der Waals surface area contributed by atoms with E-state index in [1.807, 2.05) is 0 Å². The molecule has 0 bridgehead atoms. The smallest absolute Gasteiger partial charge is 0.327 e. The van der Waals surface area contributed by atoms with Crippen LogP contribution in [0.2, 0.25) is 0 Å². The second-order valence-corrected chi connectivity index (χ2v) is 8.42. The Morgan fingerprint density at radius 2 is 1.80 bits per heavy atom. The van der Waals surface area contributed by atoms with E-state index >= 15 is 0 Å². The summed E-state index contributed by atoms with van der Waals surface area (Å²) < 4.78 is 41.4. The molecule has 1 amide bonds. The Morgan fingerprint density at radius 1 is 1.07 bits per heavy atom. The number of nitrogens with one attached hydrogen (secondary N) is 1. The van der Waals surface area contributed by atoms with Crippen molar-refractivity contribution in [2.45, 2.75) is 57.5 Å². The quantitative estimate of drug-likeness (QED) is 0.783. The molecule has 1 unspecified atom stereocenters. The van der Waals surface area contributed by atoms with Crippen LogP contribution >= 0.6 is 0 Å². The molecule has 1 aromatic rings. The maximum atomic E-state index is 13.8. The zero-order valence-corrected chi connectivity index (χ0v) is 17.7. The third kappa shape index (κ3) is 5.92. The van der Waals surface area contributed by atoms with Gasteiger partial charge in [0, 0.05) is 37.9 Å². The Kier molecular flexibility index (Phi) is 7.70. The van der Waals surface area contributed by atoms with Gasteiger partial charge in [-0.2, -0.15) is 13.2 Å². The molecule has 1 N–H and O–H groups in total. The highest BCUT2D eigenvalue weighted by Crippen LogP contribution is 2.26. The van der Waals surface area contributed by atoms with Gasteiger partial charge in [0.05, 0.1) is 0 Å². The van der Waals surface area contributed by atoms with Crippen molar-refractivity contribution in [3.8, 4) is 0 Å². The number of aromatic nitrogens is 1. The summed E-state index contributed by atoms with van der Waals surface area (Å²) in [4.78, 5) is 22.3. The number of piperidine rings is 1. The number of halogens is 3. The number of rotatable bonds is 5. The third-order valence-corrected chi connectivity index (χ3v) is 6.15. The van der Waals surface area contributed by atoms with Gasteiger partial charge >= 0.3 is 6.18 Å². The van der Waals surface area contributed by atoms with Crippen molar-refractivity contribution < 1.29 is 18.0 Å². The minimum absolute atomic E-state index is 0.0138. The van der Waals surface area contributed by atoms with Crippen molar-refractivity contribution in [2.75, 3.05) is 39.3 Å². The summed E-state index contributed by atoms with van der Waals surface area (Å²) in [6, 6.07) is 5.57. The summed E-state index contributed by atoms with van der Waals surface area (Å²) >= 11 is 0. The topological polar surface area (TPSA) is 51.7 Å². The largest absolute Gasteiger partial charge is 0.422 e. The number of carbonyl (C=O) groups is 1. The molecule has 6 nitrogen and oxygen atoms in total. The van der Waals surface area contributed by atoms with Crippen molar-refractivity contribution in [1.29, 1.82) is 0 Å². The van der Waals surface area contributed by atoms with Crippen LogP contribution in [0.15, 0.2) is 24.4 Å². The Balaban J connectivity index is 1.60. The summed E-state index contributed by atoms with van der Waals surface area (Å²) in [6.45, 7) is 8.41. The van der Waals surface area contributed by atoms with E-state index in [9.17, 15) is 18.0 Å². The van der Waals surface area contributed by atoms with Crippen LogP contribution in [0, 0.1) is 0 Å². The molecule has 2 fully saturated rings. The first-order valence-electron chi connectivity index (χ1n) is 10.8. The summed E-state index contributed by atoms with van der Waals surface area (Å²) in [5, 5.41) is 2.16. The molecule has 9 heteroatoms. The average molecular weight is 428 g/mol. The van der Waals surface area contributed by atoms with Crippen LogP contribution in [-0.2, 0) is 0 Å². The van der Waals surface area contributed by atoms with Gasteiger partial charge in [-0.25, -0.2) is 0 Å². The van der Waals surface area contributed by atoms with Gasteiger partial charge in [0.25, 0.3) is 5.91 Å². The molecule has 0 saturated carbocycles. The van der Waals surface area contributed by atoms with Gasteiger partial charge in [-0.05, 0) is 64.9 Å². The molecular formula is C21H32F3N5O. The van der Waals surface area contributed by atoms with E-state index in [0.717, 1.165) is 32.5 Å². The second-order valence-electron chi connectivity index (χ2n) is 8.42. The normalized spacial score (nSPS) is 22.1. The van der Waals surface area contributed by atoms with Gasteiger partial charge in [-0.1, -0.05) is 6.07 Å². The number of nitrogens with zero attached hydrogens (tertiary/aromatic N) is 4. The molecule has 1 atom stereocenters. The van der Waals surface area contributed by atoms with Crippen molar-refractivity contribution in [3.63, 3.8) is 0 Å². The zero-order chi connectivity index (χ0) is 21.7. The van der Waals surface area contributed by atoms with Crippen molar-refractivity contribution >= 4 is 5.91 Å². The fourth-order valence-corrected chi connectivity index (χ4v) is 4.42. The second kappa shape index (κ2) is 10.1. The summed E-state index contributed by atoms with van der Waals surface area (Å²) in [5.41, 5.74) is -0.0138. The van der Waals surface area contributed by atoms with Crippen LogP contribution in [0.25, 0.3) is 0 Å². The highest BCUT2D eigenvalue weighted by atomic mass is 19.4. The lowest BCUT2D eigenvalue weighted by molar-refractivity contribution is -0.189. The highest BCUT2D eigenvalue weighted by molar-refractivity contribution is 5.92. The molecule has 3 heterocycles. The van der Waals surface area contributed by atoms with E-state index in [1.165, 1.54) is 17.2 Å². The number of hydrogen-bond donors (Lipinski definition) is 1. The molecule has 0 aliphatic carbocycles. The Bertz CT molecular complexity index is 677. The molecule has 0 aromatic carbocycles. The molecule has 30 heavy (non-hydrogen) atoms. The first-order valence-corrected chi connectivity index (χ1v) is 10.8. The SMILES string of the molecule is CC(C)N1CCC(N2CCCN(C(NC(=O)c3ccccn3)C(F)(F)F)CC2)CC1. The number of carbonyl (C=O) groups excluding carboxylic acids is 1. The minimum Gasteiger partial charge on any atom is -0.327 e. The van der Waals surface area contributed by atoms with Crippen molar-refractivity contribution in [3.05, 3.63) is 30.1 Å². The van der Waals surface area contributed by atoms with Crippen LogP contribution in [0.3, 0.4) is 0 Å². The number of likely N-dealkylation sites (tertiary alicyclic amines) is 1. The monoisotopic (exact) mass is 427 g/mol. The number of amides is 1. The fourth-order valence-electron chi connectivity index (χ4n) is 4.42. The van der Waals surface area contributed by atoms with Crippen LogP contribution in [-0.4, -0.2) is 89.3 Å². The van der Waals surface area contributed by atoms with Crippen LogP contribution in [0.1, 0.15) is 43.6 Å². The maximum Gasteiger partial charge on any atom is 0.422 e. The number of alkyl halides is 3. The summed E-state index contributed by atoms with van der Waals surface area (Å²) in [7, 11) is 0. The molecule has 168 valence electrons. The van der Waals surface area contributed by atoms with Crippen molar-refractivity contribution in [1.82, 2.24) is 25.0 Å². The van der Waals surface area contributed by atoms with Crippen LogP contribution in [0.4, 0.5) is 13.2 Å². The van der Waals surface area contributed by atoms with E-state index in [4.69, 9.17) is 0 Å². The lowest BCUT2D eigenvalue weighted by Gasteiger charge is -2.40. The maximum absolute atomic E-state index is 13.8. The average Bonchev–Trinajstić information content (AvgIpc) is 2.97. The summed E-state index contributed by atoms with van der Waals surface area (Å²) in [5.74, 6) is -0.805. The number of hydrogen-bond acceptors (Lipinski definition) is 5. The highest BCUT2D eigenvalue weighted by Gasteiger charge is 2.45. The molecule has 0 radical (unpaired) electrons. The molecule has 1 aromatic heterocycles. The van der Waals surface area contributed by atoms with Gasteiger partial charge in [0.1, 0.15) is 5.69 Å². The zero-order valence-electron chi connectivity index (χ0n) is 17.7. The van der Waals surface area contributed by atoms with Crippen molar-refractivity contribution in [2.24, 2.45) is 0 Å². The number of pyridine rings is 1. The fraction of sp³-hybridized carbons (Fsp3) is 0.714. The molecule has 2 aliphatic rings. The molecule has 2 saturated heterocycles. The van der Waals surface area contributed by atoms with E-state index < -0.39 is 18.2 Å². The van der Waals surface area contributed by atoms with Gasteiger partial charge < -0.3 is 10.2 Å². The lowest BCUT2D eigenvalue weighted by Crippen LogP contribution is -2.57. The van der Waals surface area contributed by atoms with E-state index in [2.05, 4.69) is 33.9 Å². The molecule has 3 rings (SSSR count). The van der Waals surface area contributed by atoms with Gasteiger partial charge in [0.2, 0.25) is 0 Å². The first-order chi connectivity index (χ1) is 14.3. The van der Waals surface area contributed by atoms with E-state index in [0.29, 0.717) is 31.6 Å². The van der Waals surface area contributed by atoms with Crippen LogP contribution < -0.4 is 5.32 Å². The van der Waals surface area contributed by atoms with E-state index in [1.54, 1.807) is 12.1 Å². The first kappa shape index (κ1) is 23.0. The van der Waals surface area contributed by atoms with E-state index in [-0.39, 0.29) is 12.2 Å².